The van der Waals surface area contributed by atoms with Crippen molar-refractivity contribution in [2.24, 2.45) is 0 Å². The monoisotopic (exact) mass is 264 g/mol. The number of nitrogens with one attached hydrogen (secondary N) is 2. The van der Waals surface area contributed by atoms with Crippen molar-refractivity contribution in [2.75, 3.05) is 40.0 Å². The predicted octanol–water partition coefficient (Wildman–Crippen LogP) is -1.22. The standard InChI is InChI=1S/C10H20N2O6/c1-17-6-7-18-5-4-12-10(16)11-3-2-8(13)9(14)15/h8,13H,2-7H2,1H3,(H,14,15)(H2,11,12,16)/t8-/m0/s1. The minimum atomic E-state index is -1.46. The van der Waals surface area contributed by atoms with Crippen LogP contribution in [0.2, 0.25) is 0 Å². The normalized spacial score (nSPS) is 11.9. The summed E-state index contributed by atoms with van der Waals surface area (Å²) in [5.41, 5.74) is 0. The SMILES string of the molecule is COCCOCCNC(=O)NCC[C@H](O)C(=O)O. The first-order valence-electron chi connectivity index (χ1n) is 5.57. The molecule has 0 aliphatic heterocycles. The number of carboxylic acid groups (broad SMARTS) is 1. The Labute approximate surface area is 105 Å². The highest BCUT2D eigenvalue weighted by Gasteiger charge is 2.12. The molecule has 0 aliphatic carbocycles. The average Bonchev–Trinajstić information content (AvgIpc) is 2.33. The molecule has 0 bridgehead atoms. The molecule has 8 nitrogen and oxygen atoms in total. The first-order valence-corrected chi connectivity index (χ1v) is 5.57. The number of ether oxygens (including phenoxy) is 2. The van der Waals surface area contributed by atoms with Gasteiger partial charge in [-0.2, -0.15) is 0 Å². The third-order valence-electron chi connectivity index (χ3n) is 1.95. The van der Waals surface area contributed by atoms with Gasteiger partial charge < -0.3 is 30.3 Å². The zero-order valence-corrected chi connectivity index (χ0v) is 10.3. The Bertz CT molecular complexity index is 249. The van der Waals surface area contributed by atoms with Gasteiger partial charge in [-0.25, -0.2) is 9.59 Å². The maximum Gasteiger partial charge on any atom is 0.332 e. The molecule has 0 spiro atoms. The second-order valence-corrected chi connectivity index (χ2v) is 3.43. The highest BCUT2D eigenvalue weighted by Crippen LogP contribution is 1.88. The Hall–Kier alpha value is -1.38. The summed E-state index contributed by atoms with van der Waals surface area (Å²) in [5.74, 6) is -1.30. The van der Waals surface area contributed by atoms with E-state index in [-0.39, 0.29) is 13.0 Å². The quantitative estimate of drug-likeness (QED) is 0.368. The molecule has 0 saturated carbocycles. The molecule has 18 heavy (non-hydrogen) atoms. The Morgan fingerprint density at radius 2 is 1.83 bits per heavy atom. The number of hydrogen-bond acceptors (Lipinski definition) is 5. The second-order valence-electron chi connectivity index (χ2n) is 3.43. The van der Waals surface area contributed by atoms with Gasteiger partial charge in [-0.05, 0) is 0 Å². The molecule has 0 aromatic rings. The first kappa shape index (κ1) is 16.6. The summed E-state index contributed by atoms with van der Waals surface area (Å²) >= 11 is 0. The number of methoxy groups -OCH3 is 1. The molecule has 106 valence electrons. The molecule has 4 N–H and O–H groups in total. The molecular formula is C10H20N2O6. The lowest BCUT2D eigenvalue weighted by molar-refractivity contribution is -0.146. The Kier molecular flexibility index (Phi) is 9.93. The summed E-state index contributed by atoms with van der Waals surface area (Å²) in [5, 5.41) is 22.3. The lowest BCUT2D eigenvalue weighted by Gasteiger charge is -2.09. The van der Waals surface area contributed by atoms with Crippen molar-refractivity contribution in [2.45, 2.75) is 12.5 Å². The van der Waals surface area contributed by atoms with Crippen LogP contribution in [0.4, 0.5) is 4.79 Å². The van der Waals surface area contributed by atoms with E-state index in [1.54, 1.807) is 7.11 Å². The summed E-state index contributed by atoms with van der Waals surface area (Å²) in [6.45, 7) is 1.76. The highest BCUT2D eigenvalue weighted by atomic mass is 16.5. The molecule has 0 saturated heterocycles. The number of aliphatic hydroxyl groups is 1. The lowest BCUT2D eigenvalue weighted by Crippen LogP contribution is -2.39. The molecule has 0 aromatic heterocycles. The molecule has 0 fully saturated rings. The molecule has 0 aromatic carbocycles. The lowest BCUT2D eigenvalue weighted by atomic mass is 10.2. The van der Waals surface area contributed by atoms with Crippen LogP contribution in [0.5, 0.6) is 0 Å². The third-order valence-corrected chi connectivity index (χ3v) is 1.95. The van der Waals surface area contributed by atoms with Crippen LogP contribution in [-0.2, 0) is 14.3 Å². The summed E-state index contributed by atoms with van der Waals surface area (Å²) in [4.78, 5) is 21.4. The smallest absolute Gasteiger partial charge is 0.332 e. The van der Waals surface area contributed by atoms with E-state index < -0.39 is 18.1 Å². The van der Waals surface area contributed by atoms with Crippen molar-refractivity contribution in [1.29, 1.82) is 0 Å². The fraction of sp³-hybridized carbons (Fsp3) is 0.800. The number of aliphatic hydroxyl groups excluding tert-OH is 1. The van der Waals surface area contributed by atoms with Crippen molar-refractivity contribution < 1.29 is 29.3 Å². The maximum absolute atomic E-state index is 11.2. The van der Waals surface area contributed by atoms with Gasteiger partial charge in [-0.3, -0.25) is 0 Å². The number of carboxylic acids is 1. The average molecular weight is 264 g/mol. The van der Waals surface area contributed by atoms with E-state index in [4.69, 9.17) is 19.7 Å². The van der Waals surface area contributed by atoms with Crippen LogP contribution in [0.1, 0.15) is 6.42 Å². The topological polar surface area (TPSA) is 117 Å². The van der Waals surface area contributed by atoms with Crippen LogP contribution in [0, 0.1) is 0 Å². The van der Waals surface area contributed by atoms with Crippen LogP contribution in [0.3, 0.4) is 0 Å². The molecule has 0 heterocycles. The van der Waals surface area contributed by atoms with Crippen molar-refractivity contribution in [3.63, 3.8) is 0 Å². The summed E-state index contributed by atoms with van der Waals surface area (Å²) in [7, 11) is 1.57. The van der Waals surface area contributed by atoms with Gasteiger partial charge in [-0.15, -0.1) is 0 Å². The van der Waals surface area contributed by atoms with Crippen molar-refractivity contribution >= 4 is 12.0 Å². The molecule has 8 heteroatoms. The van der Waals surface area contributed by atoms with Gasteiger partial charge in [0.05, 0.1) is 19.8 Å². The van der Waals surface area contributed by atoms with Crippen molar-refractivity contribution in [3.05, 3.63) is 0 Å². The van der Waals surface area contributed by atoms with Gasteiger partial charge in [-0.1, -0.05) is 0 Å². The number of carbonyl (C=O) groups excluding carboxylic acids is 1. The van der Waals surface area contributed by atoms with Crippen LogP contribution < -0.4 is 10.6 Å². The van der Waals surface area contributed by atoms with Gasteiger partial charge in [0.2, 0.25) is 0 Å². The van der Waals surface area contributed by atoms with Crippen LogP contribution in [-0.4, -0.2) is 68.3 Å². The largest absolute Gasteiger partial charge is 0.479 e. The number of urea groups is 1. The second kappa shape index (κ2) is 10.8. The molecular weight excluding hydrogens is 244 g/mol. The number of hydrogen-bond donors (Lipinski definition) is 4. The Morgan fingerprint density at radius 1 is 1.17 bits per heavy atom. The van der Waals surface area contributed by atoms with Crippen molar-refractivity contribution in [1.82, 2.24) is 10.6 Å². The Balaban J connectivity index is 3.35. The fourth-order valence-corrected chi connectivity index (χ4v) is 0.989. The fourth-order valence-electron chi connectivity index (χ4n) is 0.989. The minimum Gasteiger partial charge on any atom is -0.479 e. The number of rotatable bonds is 10. The summed E-state index contributed by atoms with van der Waals surface area (Å²) < 4.78 is 9.88. The van der Waals surface area contributed by atoms with Gasteiger partial charge in [0.1, 0.15) is 0 Å². The Morgan fingerprint density at radius 3 is 2.44 bits per heavy atom. The van der Waals surface area contributed by atoms with E-state index in [0.717, 1.165) is 0 Å². The van der Waals surface area contributed by atoms with Gasteiger partial charge in [0, 0.05) is 26.6 Å². The highest BCUT2D eigenvalue weighted by molar-refractivity contribution is 5.74. The zero-order chi connectivity index (χ0) is 13.8. The van der Waals surface area contributed by atoms with E-state index in [9.17, 15) is 9.59 Å². The van der Waals surface area contributed by atoms with Gasteiger partial charge in [0.15, 0.2) is 6.10 Å². The molecule has 0 rings (SSSR count). The molecule has 1 atom stereocenters. The van der Waals surface area contributed by atoms with E-state index in [1.165, 1.54) is 0 Å². The first-order chi connectivity index (χ1) is 8.57. The van der Waals surface area contributed by atoms with E-state index in [1.807, 2.05) is 0 Å². The summed E-state index contributed by atoms with van der Waals surface area (Å²) in [6, 6.07) is -0.428. The number of amides is 2. The molecule has 0 aliphatic rings. The van der Waals surface area contributed by atoms with E-state index in [2.05, 4.69) is 10.6 Å². The predicted molar refractivity (Wildman–Crippen MR) is 62.4 cm³/mol. The van der Waals surface area contributed by atoms with Gasteiger partial charge in [0.25, 0.3) is 0 Å². The number of aliphatic carboxylic acids is 1. The van der Waals surface area contributed by atoms with Crippen molar-refractivity contribution in [3.8, 4) is 0 Å². The summed E-state index contributed by atoms with van der Waals surface area (Å²) in [6.07, 6.45) is -1.49. The van der Waals surface area contributed by atoms with Crippen LogP contribution >= 0.6 is 0 Å². The van der Waals surface area contributed by atoms with Gasteiger partial charge >= 0.3 is 12.0 Å². The molecule has 0 radical (unpaired) electrons. The molecule has 2 amide bonds. The van der Waals surface area contributed by atoms with E-state index >= 15 is 0 Å². The van der Waals surface area contributed by atoms with E-state index in [0.29, 0.717) is 26.4 Å². The minimum absolute atomic E-state index is 0.0346. The third kappa shape index (κ3) is 9.82. The van der Waals surface area contributed by atoms with Crippen LogP contribution in [0.15, 0.2) is 0 Å². The van der Waals surface area contributed by atoms with Crippen LogP contribution in [0.25, 0.3) is 0 Å². The zero-order valence-electron chi connectivity index (χ0n) is 10.3. The molecule has 0 unspecified atom stereocenters. The maximum atomic E-state index is 11.2. The number of carbonyl (C=O) groups is 2.